The summed E-state index contributed by atoms with van der Waals surface area (Å²) in [5.41, 5.74) is 0.391. The summed E-state index contributed by atoms with van der Waals surface area (Å²) in [7, 11) is 0. The molecule has 1 aromatic rings. The molecule has 1 aliphatic carbocycles. The predicted octanol–water partition coefficient (Wildman–Crippen LogP) is 3.82. The highest BCUT2D eigenvalue weighted by atomic mass is 19.1. The van der Waals surface area contributed by atoms with Crippen LogP contribution in [0.2, 0.25) is 0 Å². The average Bonchev–Trinajstić information content (AvgIpc) is 2.96. The monoisotopic (exact) mass is 445 g/mol. The Bertz CT molecular complexity index is 907. The molecule has 2 amide bonds. The topological polar surface area (TPSA) is 93.1 Å². The third kappa shape index (κ3) is 3.62. The van der Waals surface area contributed by atoms with E-state index in [1.807, 2.05) is 4.90 Å². The van der Waals surface area contributed by atoms with Gasteiger partial charge in [0.1, 0.15) is 5.82 Å². The molecule has 3 saturated heterocycles. The van der Waals surface area contributed by atoms with Crippen LogP contribution in [0.15, 0.2) is 18.2 Å². The Labute approximate surface area is 187 Å². The standard InChI is InChI=1S/C24H32FN3O4/c25-20-11-17(26-22(30)15-3-1-4-15)6-7-21(20)27-10-2-5-16(14-27)24-9-8-18(12-19(29)13-24)28(24)23(31)32/h6-7,11,15-16,18-19,29H,1-5,8-10,12-14H2,(H,26,30)(H,31,32). The molecule has 0 aromatic heterocycles. The number of nitrogens with zero attached hydrogens (tertiary/aromatic N) is 2. The summed E-state index contributed by atoms with van der Waals surface area (Å²) < 4.78 is 15.1. The number of piperidine rings is 2. The van der Waals surface area contributed by atoms with Crippen LogP contribution in [-0.2, 0) is 4.79 Å². The summed E-state index contributed by atoms with van der Waals surface area (Å²) >= 11 is 0. The van der Waals surface area contributed by atoms with Crippen molar-refractivity contribution in [1.82, 2.24) is 4.90 Å². The molecule has 3 aliphatic heterocycles. The second-order valence-corrected chi connectivity index (χ2v) is 10.1. The molecule has 0 spiro atoms. The van der Waals surface area contributed by atoms with E-state index in [1.165, 1.54) is 6.07 Å². The number of amides is 2. The summed E-state index contributed by atoms with van der Waals surface area (Å²) in [6.07, 6.45) is 5.70. The first-order valence-electron chi connectivity index (χ1n) is 11.9. The third-order valence-electron chi connectivity index (χ3n) is 8.31. The molecular formula is C24H32FN3O4. The van der Waals surface area contributed by atoms with Crippen molar-refractivity contribution in [2.45, 2.75) is 75.5 Å². The molecule has 2 bridgehead atoms. The number of carbonyl (C=O) groups is 2. The molecule has 8 heteroatoms. The van der Waals surface area contributed by atoms with E-state index in [0.717, 1.165) is 44.9 Å². The zero-order valence-corrected chi connectivity index (χ0v) is 18.3. The van der Waals surface area contributed by atoms with Crippen molar-refractivity contribution in [2.75, 3.05) is 23.3 Å². The third-order valence-corrected chi connectivity index (χ3v) is 8.31. The van der Waals surface area contributed by atoms with Crippen molar-refractivity contribution in [3.05, 3.63) is 24.0 Å². The van der Waals surface area contributed by atoms with E-state index in [2.05, 4.69) is 5.32 Å². The molecule has 32 heavy (non-hydrogen) atoms. The maximum atomic E-state index is 15.1. The molecule has 3 heterocycles. The van der Waals surface area contributed by atoms with Gasteiger partial charge in [-0.15, -0.1) is 0 Å². The summed E-state index contributed by atoms with van der Waals surface area (Å²) in [6, 6.07) is 4.72. The van der Waals surface area contributed by atoms with E-state index in [0.29, 0.717) is 37.3 Å². The van der Waals surface area contributed by atoms with E-state index in [4.69, 9.17) is 0 Å². The van der Waals surface area contributed by atoms with Crippen molar-refractivity contribution in [2.24, 2.45) is 11.8 Å². The number of fused-ring (bicyclic) bond motifs is 2. The summed E-state index contributed by atoms with van der Waals surface area (Å²) in [5.74, 6) is -0.332. The number of aliphatic hydroxyl groups excluding tert-OH is 1. The van der Waals surface area contributed by atoms with Gasteiger partial charge in [-0.3, -0.25) is 9.69 Å². The predicted molar refractivity (Wildman–Crippen MR) is 118 cm³/mol. The van der Waals surface area contributed by atoms with Crippen LogP contribution >= 0.6 is 0 Å². The summed E-state index contributed by atoms with van der Waals surface area (Å²) in [4.78, 5) is 27.9. The van der Waals surface area contributed by atoms with Crippen LogP contribution in [0.4, 0.5) is 20.6 Å². The lowest BCUT2D eigenvalue weighted by Gasteiger charge is -2.52. The fraction of sp³-hybridized carbons (Fsp3) is 0.667. The summed E-state index contributed by atoms with van der Waals surface area (Å²) in [6.45, 7) is 1.27. The molecule has 4 fully saturated rings. The zero-order valence-electron chi connectivity index (χ0n) is 18.3. The van der Waals surface area contributed by atoms with Crippen LogP contribution in [0, 0.1) is 17.7 Å². The molecule has 4 aliphatic rings. The number of aliphatic hydroxyl groups is 1. The number of hydrogen-bond acceptors (Lipinski definition) is 4. The van der Waals surface area contributed by atoms with Crippen LogP contribution in [0.5, 0.6) is 0 Å². The lowest BCUT2D eigenvalue weighted by atomic mass is 9.72. The quantitative estimate of drug-likeness (QED) is 0.655. The van der Waals surface area contributed by atoms with Gasteiger partial charge < -0.3 is 20.4 Å². The Balaban J connectivity index is 1.33. The number of anilines is 2. The first kappa shape index (κ1) is 21.5. The zero-order chi connectivity index (χ0) is 22.5. The first-order valence-corrected chi connectivity index (χ1v) is 11.9. The fourth-order valence-corrected chi connectivity index (χ4v) is 6.56. The number of benzene rings is 1. The normalized spacial score (nSPS) is 32.5. The van der Waals surface area contributed by atoms with Crippen LogP contribution < -0.4 is 10.2 Å². The van der Waals surface area contributed by atoms with Crippen molar-refractivity contribution in [1.29, 1.82) is 0 Å². The Morgan fingerprint density at radius 1 is 1.16 bits per heavy atom. The molecular weight excluding hydrogens is 413 g/mol. The Kier molecular flexibility index (Phi) is 5.51. The van der Waals surface area contributed by atoms with E-state index >= 15 is 4.39 Å². The van der Waals surface area contributed by atoms with Gasteiger partial charge in [0, 0.05) is 36.7 Å². The molecule has 3 N–H and O–H groups in total. The maximum absolute atomic E-state index is 15.1. The molecule has 7 nitrogen and oxygen atoms in total. The van der Waals surface area contributed by atoms with Gasteiger partial charge in [0.25, 0.3) is 0 Å². The van der Waals surface area contributed by atoms with Gasteiger partial charge in [-0.25, -0.2) is 9.18 Å². The van der Waals surface area contributed by atoms with Gasteiger partial charge in [0.05, 0.1) is 17.3 Å². The lowest BCUT2D eigenvalue weighted by molar-refractivity contribution is -0.122. The van der Waals surface area contributed by atoms with Crippen LogP contribution in [-0.4, -0.2) is 57.9 Å². The van der Waals surface area contributed by atoms with Crippen LogP contribution in [0.1, 0.15) is 57.8 Å². The number of nitrogens with one attached hydrogen (secondary N) is 1. The van der Waals surface area contributed by atoms with E-state index in [1.54, 1.807) is 17.0 Å². The summed E-state index contributed by atoms with van der Waals surface area (Å²) in [5, 5.41) is 23.2. The van der Waals surface area contributed by atoms with Crippen LogP contribution in [0.25, 0.3) is 0 Å². The molecule has 4 atom stereocenters. The van der Waals surface area contributed by atoms with Gasteiger partial charge in [-0.1, -0.05) is 6.42 Å². The maximum Gasteiger partial charge on any atom is 0.408 e. The van der Waals surface area contributed by atoms with Crippen LogP contribution in [0.3, 0.4) is 0 Å². The number of carbonyl (C=O) groups excluding carboxylic acids is 1. The Morgan fingerprint density at radius 2 is 1.97 bits per heavy atom. The first-order chi connectivity index (χ1) is 15.4. The van der Waals surface area contributed by atoms with Gasteiger partial charge in [-0.2, -0.15) is 0 Å². The van der Waals surface area contributed by atoms with E-state index in [9.17, 15) is 19.8 Å². The molecule has 1 saturated carbocycles. The average molecular weight is 446 g/mol. The van der Waals surface area contributed by atoms with Gasteiger partial charge in [0.15, 0.2) is 0 Å². The highest BCUT2D eigenvalue weighted by Gasteiger charge is 2.57. The second kappa shape index (κ2) is 8.21. The molecule has 174 valence electrons. The second-order valence-electron chi connectivity index (χ2n) is 10.1. The molecule has 5 rings (SSSR count). The van der Waals surface area contributed by atoms with Gasteiger partial charge in [-0.05, 0) is 69.6 Å². The lowest BCUT2D eigenvalue weighted by Crippen LogP contribution is -2.62. The molecule has 4 unspecified atom stereocenters. The Morgan fingerprint density at radius 3 is 2.66 bits per heavy atom. The van der Waals surface area contributed by atoms with E-state index in [-0.39, 0.29) is 29.6 Å². The van der Waals surface area contributed by atoms with Crippen molar-refractivity contribution < 1.29 is 24.2 Å². The smallest absolute Gasteiger partial charge is 0.408 e. The van der Waals surface area contributed by atoms with E-state index < -0.39 is 17.7 Å². The number of hydrogen-bond donors (Lipinski definition) is 3. The number of carboxylic acid groups (broad SMARTS) is 1. The number of rotatable bonds is 4. The van der Waals surface area contributed by atoms with Crippen molar-refractivity contribution in [3.8, 4) is 0 Å². The molecule has 1 aromatic carbocycles. The van der Waals surface area contributed by atoms with Crippen molar-refractivity contribution >= 4 is 23.4 Å². The minimum atomic E-state index is -0.908. The highest BCUT2D eigenvalue weighted by Crippen LogP contribution is 2.51. The highest BCUT2D eigenvalue weighted by molar-refractivity contribution is 5.93. The molecule has 0 radical (unpaired) electrons. The largest absolute Gasteiger partial charge is 0.465 e. The SMILES string of the molecule is O=C(Nc1ccc(N2CCCC(C34CCC(CC(O)C3)N4C(=O)O)C2)c(F)c1)C1CCC1. The van der Waals surface area contributed by atoms with Gasteiger partial charge >= 0.3 is 6.09 Å². The minimum Gasteiger partial charge on any atom is -0.465 e. The minimum absolute atomic E-state index is 0.0399. The van der Waals surface area contributed by atoms with Gasteiger partial charge in [0.2, 0.25) is 5.91 Å². The number of halogens is 1. The van der Waals surface area contributed by atoms with Crippen molar-refractivity contribution in [3.63, 3.8) is 0 Å². The fourth-order valence-electron chi connectivity index (χ4n) is 6.56. The Hall–Kier alpha value is -2.35.